The van der Waals surface area contributed by atoms with Crippen LogP contribution >= 0.6 is 0 Å². The Labute approximate surface area is 110 Å². The van der Waals surface area contributed by atoms with Gasteiger partial charge < -0.3 is 5.32 Å². The van der Waals surface area contributed by atoms with Crippen LogP contribution in [0.3, 0.4) is 0 Å². The summed E-state index contributed by atoms with van der Waals surface area (Å²) in [6.07, 6.45) is 4.76. The van der Waals surface area contributed by atoms with E-state index in [0.29, 0.717) is 0 Å². The molecule has 0 aliphatic heterocycles. The highest BCUT2D eigenvalue weighted by Gasteiger charge is 2.23. The van der Waals surface area contributed by atoms with E-state index in [9.17, 15) is 4.39 Å². The third kappa shape index (κ3) is 4.09. The highest BCUT2D eigenvalue weighted by molar-refractivity contribution is 5.27. The van der Waals surface area contributed by atoms with Crippen molar-refractivity contribution in [2.45, 2.75) is 52.5 Å². The summed E-state index contributed by atoms with van der Waals surface area (Å²) in [7, 11) is 0. The van der Waals surface area contributed by atoms with Gasteiger partial charge in [0.2, 0.25) is 0 Å². The summed E-state index contributed by atoms with van der Waals surface area (Å²) in [5.74, 6) is -0.123. The van der Waals surface area contributed by atoms with Crippen LogP contribution in [-0.2, 0) is 6.42 Å². The van der Waals surface area contributed by atoms with Gasteiger partial charge in [0.1, 0.15) is 5.82 Å². The molecule has 1 N–H and O–H groups in total. The van der Waals surface area contributed by atoms with E-state index >= 15 is 0 Å². The third-order valence-corrected chi connectivity index (χ3v) is 3.79. The van der Waals surface area contributed by atoms with Crippen molar-refractivity contribution in [2.24, 2.45) is 5.41 Å². The number of hydrogen-bond acceptors (Lipinski definition) is 1. The van der Waals surface area contributed by atoms with Crippen LogP contribution in [0.4, 0.5) is 4.39 Å². The summed E-state index contributed by atoms with van der Waals surface area (Å²) in [5.41, 5.74) is 2.56. The fraction of sp³-hybridized carbons (Fsp3) is 0.625. The van der Waals surface area contributed by atoms with Crippen LogP contribution in [0.2, 0.25) is 0 Å². The topological polar surface area (TPSA) is 12.0 Å². The molecule has 1 nitrogen and oxygen atoms in total. The van der Waals surface area contributed by atoms with Crippen LogP contribution in [-0.4, -0.2) is 12.6 Å². The molecule has 1 fully saturated rings. The predicted octanol–water partition coefficient (Wildman–Crippen LogP) is 3.84. The molecule has 1 aliphatic carbocycles. The van der Waals surface area contributed by atoms with Crippen LogP contribution in [0, 0.1) is 18.2 Å². The Morgan fingerprint density at radius 1 is 1.33 bits per heavy atom. The second kappa shape index (κ2) is 5.40. The zero-order chi connectivity index (χ0) is 13.2. The van der Waals surface area contributed by atoms with Gasteiger partial charge in [-0.1, -0.05) is 19.9 Å². The molecule has 0 spiro atoms. The molecule has 0 bridgehead atoms. The SMILES string of the molecule is Cc1ccc(F)cc1CC(C)(C)CCNC1CC1. The molecule has 100 valence electrons. The van der Waals surface area contributed by atoms with Crippen molar-refractivity contribution in [3.63, 3.8) is 0 Å². The molecule has 0 amide bonds. The Hall–Kier alpha value is -0.890. The summed E-state index contributed by atoms with van der Waals surface area (Å²) in [6, 6.07) is 5.88. The van der Waals surface area contributed by atoms with Gasteiger partial charge >= 0.3 is 0 Å². The monoisotopic (exact) mass is 249 g/mol. The largest absolute Gasteiger partial charge is 0.314 e. The molecule has 0 atom stereocenters. The van der Waals surface area contributed by atoms with E-state index < -0.39 is 0 Å². The minimum atomic E-state index is -0.123. The first-order chi connectivity index (χ1) is 8.46. The van der Waals surface area contributed by atoms with Gasteiger partial charge in [0.15, 0.2) is 0 Å². The average Bonchev–Trinajstić information content (AvgIpc) is 3.07. The number of aryl methyl sites for hydroxylation is 1. The second-order valence-corrected chi connectivity index (χ2v) is 6.39. The van der Waals surface area contributed by atoms with Gasteiger partial charge in [-0.05, 0) is 67.8 Å². The molecule has 1 aromatic rings. The standard InChI is InChI=1S/C16H24FN/c1-12-4-5-14(17)10-13(12)11-16(2,3)8-9-18-15-6-7-15/h4-5,10,15,18H,6-9,11H2,1-3H3. The minimum absolute atomic E-state index is 0.123. The van der Waals surface area contributed by atoms with E-state index in [1.807, 2.05) is 6.07 Å². The van der Waals surface area contributed by atoms with Crippen molar-refractivity contribution in [1.29, 1.82) is 0 Å². The van der Waals surface area contributed by atoms with E-state index in [0.717, 1.165) is 31.0 Å². The maximum Gasteiger partial charge on any atom is 0.123 e. The summed E-state index contributed by atoms with van der Waals surface area (Å²) in [5, 5.41) is 3.55. The van der Waals surface area contributed by atoms with E-state index in [1.54, 1.807) is 12.1 Å². The molecule has 2 heteroatoms. The summed E-state index contributed by atoms with van der Waals surface area (Å²) < 4.78 is 13.3. The molecule has 1 aromatic carbocycles. The average molecular weight is 249 g/mol. The zero-order valence-corrected chi connectivity index (χ0v) is 11.7. The minimum Gasteiger partial charge on any atom is -0.314 e. The van der Waals surface area contributed by atoms with Gasteiger partial charge in [0.25, 0.3) is 0 Å². The van der Waals surface area contributed by atoms with Gasteiger partial charge in [0, 0.05) is 6.04 Å². The first-order valence-electron chi connectivity index (χ1n) is 6.95. The van der Waals surface area contributed by atoms with Crippen molar-refractivity contribution in [1.82, 2.24) is 5.32 Å². The Morgan fingerprint density at radius 2 is 2.06 bits per heavy atom. The van der Waals surface area contributed by atoms with Crippen molar-refractivity contribution in [3.05, 3.63) is 35.1 Å². The molecule has 0 heterocycles. The van der Waals surface area contributed by atoms with Gasteiger partial charge in [-0.25, -0.2) is 4.39 Å². The van der Waals surface area contributed by atoms with Crippen molar-refractivity contribution in [3.8, 4) is 0 Å². The summed E-state index contributed by atoms with van der Waals surface area (Å²) in [4.78, 5) is 0. The van der Waals surface area contributed by atoms with Crippen molar-refractivity contribution < 1.29 is 4.39 Å². The first kappa shape index (κ1) is 13.5. The molecule has 0 saturated heterocycles. The van der Waals surface area contributed by atoms with E-state index in [-0.39, 0.29) is 11.2 Å². The Morgan fingerprint density at radius 3 is 2.72 bits per heavy atom. The van der Waals surface area contributed by atoms with Crippen LogP contribution in [0.25, 0.3) is 0 Å². The van der Waals surface area contributed by atoms with Crippen molar-refractivity contribution in [2.75, 3.05) is 6.54 Å². The van der Waals surface area contributed by atoms with Crippen LogP contribution in [0.15, 0.2) is 18.2 Å². The van der Waals surface area contributed by atoms with Crippen molar-refractivity contribution >= 4 is 0 Å². The molecule has 2 rings (SSSR count). The lowest BCUT2D eigenvalue weighted by Crippen LogP contribution is -2.25. The fourth-order valence-electron chi connectivity index (χ4n) is 2.34. The van der Waals surface area contributed by atoms with E-state index in [1.165, 1.54) is 18.4 Å². The van der Waals surface area contributed by atoms with Crippen LogP contribution < -0.4 is 5.32 Å². The normalized spacial score (nSPS) is 16.0. The Balaban J connectivity index is 1.90. The molecule has 1 saturated carbocycles. The number of nitrogens with one attached hydrogen (secondary N) is 1. The second-order valence-electron chi connectivity index (χ2n) is 6.39. The molecule has 1 aliphatic rings. The fourth-order valence-corrected chi connectivity index (χ4v) is 2.34. The van der Waals surface area contributed by atoms with Gasteiger partial charge in [-0.2, -0.15) is 0 Å². The lowest BCUT2D eigenvalue weighted by Gasteiger charge is -2.26. The summed E-state index contributed by atoms with van der Waals surface area (Å²) in [6.45, 7) is 7.68. The van der Waals surface area contributed by atoms with Crippen LogP contribution in [0.5, 0.6) is 0 Å². The number of benzene rings is 1. The van der Waals surface area contributed by atoms with Gasteiger partial charge in [0.05, 0.1) is 0 Å². The number of hydrogen-bond donors (Lipinski definition) is 1. The highest BCUT2D eigenvalue weighted by atomic mass is 19.1. The predicted molar refractivity (Wildman–Crippen MR) is 74.3 cm³/mol. The quantitative estimate of drug-likeness (QED) is 0.807. The maximum atomic E-state index is 13.3. The lowest BCUT2D eigenvalue weighted by atomic mass is 9.81. The zero-order valence-electron chi connectivity index (χ0n) is 11.7. The molecule has 18 heavy (non-hydrogen) atoms. The maximum absolute atomic E-state index is 13.3. The highest BCUT2D eigenvalue weighted by Crippen LogP contribution is 2.28. The first-order valence-corrected chi connectivity index (χ1v) is 6.95. The number of halogens is 1. The number of rotatable bonds is 6. The van der Waals surface area contributed by atoms with Crippen LogP contribution in [0.1, 0.15) is 44.2 Å². The van der Waals surface area contributed by atoms with E-state index in [2.05, 4.69) is 26.1 Å². The molecule has 0 radical (unpaired) electrons. The Kier molecular flexibility index (Phi) is 4.06. The van der Waals surface area contributed by atoms with Gasteiger partial charge in [-0.3, -0.25) is 0 Å². The lowest BCUT2D eigenvalue weighted by molar-refractivity contribution is 0.324. The Bertz CT molecular complexity index is 408. The molecular weight excluding hydrogens is 225 g/mol. The molecule has 0 aromatic heterocycles. The molecule has 0 unspecified atom stereocenters. The van der Waals surface area contributed by atoms with Gasteiger partial charge in [-0.15, -0.1) is 0 Å². The smallest absolute Gasteiger partial charge is 0.123 e. The third-order valence-electron chi connectivity index (χ3n) is 3.79. The summed E-state index contributed by atoms with van der Waals surface area (Å²) >= 11 is 0. The molecular formula is C16H24FN. The van der Waals surface area contributed by atoms with E-state index in [4.69, 9.17) is 0 Å².